The van der Waals surface area contributed by atoms with Crippen LogP contribution in [0.4, 0.5) is 0 Å². The fraction of sp³-hybridized carbons (Fsp3) is 0.639. The van der Waals surface area contributed by atoms with E-state index in [4.69, 9.17) is 37.0 Å². The molecular weight excluding hydrogens is 1330 g/mol. The van der Waals surface area contributed by atoms with Crippen LogP contribution in [0, 0.1) is 0 Å². The molecule has 0 aromatic carbocycles. The predicted molar refractivity (Wildman–Crippen MR) is 417 cm³/mol. The zero-order chi connectivity index (χ0) is 74.6. The van der Waals surface area contributed by atoms with E-state index >= 15 is 0 Å². The molecule has 5 unspecified atom stereocenters. The summed E-state index contributed by atoms with van der Waals surface area (Å²) in [5, 5.41) is 10.6. The van der Waals surface area contributed by atoms with E-state index in [9.17, 15) is 43.2 Å². The number of allylic oxidation sites excluding steroid dienone is 25. The average Bonchev–Trinajstić information content (AvgIpc) is 0.907. The van der Waals surface area contributed by atoms with Crippen LogP contribution in [0.15, 0.2) is 158 Å². The largest absolute Gasteiger partial charge is 0.472 e. The molecule has 0 fully saturated rings. The molecule has 0 aromatic heterocycles. The van der Waals surface area contributed by atoms with Crippen LogP contribution in [0.1, 0.15) is 285 Å². The Labute approximate surface area is 617 Å². The Bertz CT molecular complexity index is 2550. The van der Waals surface area contributed by atoms with Gasteiger partial charge in [0.05, 0.1) is 32.8 Å². The van der Waals surface area contributed by atoms with Crippen molar-refractivity contribution >= 4 is 39.5 Å². The first-order chi connectivity index (χ1) is 49.7. The van der Waals surface area contributed by atoms with Crippen LogP contribution >= 0.6 is 15.6 Å². The van der Waals surface area contributed by atoms with Crippen LogP contribution in [0.2, 0.25) is 0 Å². The summed E-state index contributed by atoms with van der Waals surface area (Å²) in [5.41, 5.74) is 0. The number of rotatable bonds is 71. The molecule has 0 spiro atoms. The van der Waals surface area contributed by atoms with Crippen LogP contribution in [0.5, 0.6) is 0 Å². The van der Waals surface area contributed by atoms with Gasteiger partial charge in [0.15, 0.2) is 12.2 Å². The van der Waals surface area contributed by atoms with E-state index in [2.05, 4.69) is 161 Å². The zero-order valence-corrected chi connectivity index (χ0v) is 65.0. The molecule has 17 nitrogen and oxygen atoms in total. The molecule has 0 aliphatic carbocycles. The highest BCUT2D eigenvalue weighted by Crippen LogP contribution is 2.45. The van der Waals surface area contributed by atoms with Gasteiger partial charge >= 0.3 is 39.5 Å². The molecule has 102 heavy (non-hydrogen) atoms. The highest BCUT2D eigenvalue weighted by molar-refractivity contribution is 7.47. The van der Waals surface area contributed by atoms with Crippen molar-refractivity contribution in [1.82, 2.24) is 0 Å². The van der Waals surface area contributed by atoms with Gasteiger partial charge in [0.25, 0.3) is 0 Å². The third-order valence-corrected chi connectivity index (χ3v) is 17.4. The molecule has 0 aromatic rings. The van der Waals surface area contributed by atoms with Crippen LogP contribution in [-0.2, 0) is 65.4 Å². The van der Waals surface area contributed by atoms with Crippen molar-refractivity contribution in [3.8, 4) is 0 Å². The Hall–Kier alpha value is -5.32. The summed E-state index contributed by atoms with van der Waals surface area (Å²) in [5.74, 6) is -2.38. The second-order valence-electron chi connectivity index (χ2n) is 25.2. The van der Waals surface area contributed by atoms with Crippen molar-refractivity contribution in [3.63, 3.8) is 0 Å². The maximum absolute atomic E-state index is 13.1. The first-order valence-corrected chi connectivity index (χ1v) is 41.7. The van der Waals surface area contributed by atoms with Gasteiger partial charge in [0.2, 0.25) is 0 Å². The number of carbonyl (C=O) groups is 4. The van der Waals surface area contributed by atoms with E-state index in [0.29, 0.717) is 25.7 Å². The normalized spacial score (nSPS) is 14.8. The van der Waals surface area contributed by atoms with Crippen LogP contribution in [0.25, 0.3) is 0 Å². The Morgan fingerprint density at radius 1 is 0.294 bits per heavy atom. The third-order valence-electron chi connectivity index (χ3n) is 15.5. The number of phosphoric ester groups is 2. The lowest BCUT2D eigenvalue weighted by Crippen LogP contribution is -2.30. The summed E-state index contributed by atoms with van der Waals surface area (Å²) in [6.07, 6.45) is 85.5. The van der Waals surface area contributed by atoms with Crippen molar-refractivity contribution in [1.29, 1.82) is 0 Å². The number of phosphoric acid groups is 2. The molecule has 0 saturated carbocycles. The minimum atomic E-state index is -5.01. The highest BCUT2D eigenvalue weighted by Gasteiger charge is 2.30. The maximum Gasteiger partial charge on any atom is 0.472 e. The quantitative estimate of drug-likeness (QED) is 0.0169. The summed E-state index contributed by atoms with van der Waals surface area (Å²) in [6.45, 7) is 4.34. The fourth-order valence-corrected chi connectivity index (χ4v) is 11.3. The second-order valence-corrected chi connectivity index (χ2v) is 28.1. The van der Waals surface area contributed by atoms with Crippen molar-refractivity contribution < 1.29 is 80.2 Å². The number of ether oxygens (including phenoxy) is 4. The molecule has 3 N–H and O–H groups in total. The van der Waals surface area contributed by atoms with E-state index < -0.39 is 97.5 Å². The second kappa shape index (κ2) is 74.0. The molecule has 0 bridgehead atoms. The van der Waals surface area contributed by atoms with E-state index in [1.807, 2.05) is 12.2 Å². The minimum absolute atomic E-state index is 0.0741. The molecule has 580 valence electrons. The van der Waals surface area contributed by atoms with Gasteiger partial charge in [0.1, 0.15) is 19.3 Å². The monoisotopic (exact) mass is 1470 g/mol. The van der Waals surface area contributed by atoms with Crippen molar-refractivity contribution in [3.05, 3.63) is 158 Å². The summed E-state index contributed by atoms with van der Waals surface area (Å²) >= 11 is 0. The minimum Gasteiger partial charge on any atom is -0.462 e. The van der Waals surface area contributed by atoms with Gasteiger partial charge in [-0.15, -0.1) is 0 Å². The third kappa shape index (κ3) is 73.0. The van der Waals surface area contributed by atoms with Crippen molar-refractivity contribution in [2.24, 2.45) is 0 Å². The molecule has 0 rings (SSSR count). The van der Waals surface area contributed by atoms with Gasteiger partial charge in [-0.1, -0.05) is 269 Å². The van der Waals surface area contributed by atoms with Gasteiger partial charge in [0, 0.05) is 19.3 Å². The molecule has 0 amide bonds. The lowest BCUT2D eigenvalue weighted by Gasteiger charge is -2.21. The van der Waals surface area contributed by atoms with Crippen molar-refractivity contribution in [2.75, 3.05) is 39.6 Å². The maximum atomic E-state index is 13.1. The molecule has 0 saturated heterocycles. The topological polar surface area (TPSA) is 237 Å². The molecule has 0 aliphatic heterocycles. The van der Waals surface area contributed by atoms with E-state index in [0.717, 1.165) is 180 Å². The van der Waals surface area contributed by atoms with Gasteiger partial charge in [-0.05, 0) is 148 Å². The standard InChI is InChI=1S/C83H136O17P2/c1-5-9-13-17-21-25-29-33-36-37-38-39-42-45-48-52-56-60-64-68-81(86)94-74-79(100-83(88)70-66-62-58-54-50-46-41-35-31-27-23-19-15-11-7-3)76-98-102(91,92)96-72-77(84)71-95-101(89,90)97-75-78(99-82(87)69-65-61-57-53-49-43-32-28-24-20-16-12-8-4)73-93-80(85)67-63-59-55-51-47-44-40-34-30-26-22-18-14-10-6-2/h9-11,13-15,21-23,25-28,32-36,38-41,50,54,62,66,77-79,84H,5-8,12,16-20,24,29-31,37,42-49,51-53,55-61,63-65,67-76H2,1-4H3,(H,89,90)(H,91,92)/b13-9-,14-10-,15-11-,25-21-,26-22-,27-23-,32-28-,36-33-,39-38-,40-34-,41-35-,54-50-,66-62-. The predicted octanol–water partition coefficient (Wildman–Crippen LogP) is 22.4. The lowest BCUT2D eigenvalue weighted by atomic mass is 10.1. The van der Waals surface area contributed by atoms with Gasteiger partial charge in [-0.3, -0.25) is 37.3 Å². The number of unbranched alkanes of at least 4 members (excludes halogenated alkanes) is 20. The Morgan fingerprint density at radius 2 is 0.549 bits per heavy atom. The summed E-state index contributed by atoms with van der Waals surface area (Å²) in [7, 11) is -10.0. The van der Waals surface area contributed by atoms with E-state index in [-0.39, 0.29) is 25.7 Å². The first kappa shape index (κ1) is 96.7. The van der Waals surface area contributed by atoms with E-state index in [1.165, 1.54) is 25.7 Å². The van der Waals surface area contributed by atoms with Crippen LogP contribution in [0.3, 0.4) is 0 Å². The lowest BCUT2D eigenvalue weighted by molar-refractivity contribution is -0.161. The number of hydrogen-bond acceptors (Lipinski definition) is 15. The van der Waals surface area contributed by atoms with Crippen molar-refractivity contribution in [2.45, 2.75) is 303 Å². The zero-order valence-electron chi connectivity index (χ0n) is 63.2. The Balaban J connectivity index is 5.45. The number of aliphatic hydroxyl groups is 1. The smallest absolute Gasteiger partial charge is 0.462 e. The summed E-state index contributed by atoms with van der Waals surface area (Å²) in [4.78, 5) is 72.9. The molecule has 0 heterocycles. The number of esters is 4. The summed E-state index contributed by atoms with van der Waals surface area (Å²) in [6, 6.07) is 0. The number of carbonyl (C=O) groups excluding carboxylic acids is 4. The first-order valence-electron chi connectivity index (χ1n) is 38.7. The van der Waals surface area contributed by atoms with Gasteiger partial charge < -0.3 is 33.8 Å². The average molecular weight is 1470 g/mol. The highest BCUT2D eigenvalue weighted by atomic mass is 31.2. The molecule has 5 atom stereocenters. The van der Waals surface area contributed by atoms with Gasteiger partial charge in [-0.25, -0.2) is 9.13 Å². The van der Waals surface area contributed by atoms with Crippen LogP contribution < -0.4 is 0 Å². The molecular formula is C83H136O17P2. The Morgan fingerprint density at radius 3 is 0.882 bits per heavy atom. The molecule has 0 radical (unpaired) electrons. The molecule has 0 aliphatic rings. The molecule has 19 heteroatoms. The van der Waals surface area contributed by atoms with Gasteiger partial charge in [-0.2, -0.15) is 0 Å². The SMILES string of the molecule is CC/C=C\C/C=C\C/C=C\C/C=C\C/C=C\CC(=O)OC(COC(=O)CCCCCCCC/C=C\C/C=C\C/C=C\C/C=C\CC)COP(=O)(O)OCC(O)COP(=O)(O)OCC(COC(=O)CCCCCCC/C=C\C/C=C\C/C=C\CC)OC(=O)CCCCCCC/C=C\CCCCCC. The Kier molecular flexibility index (Phi) is 70.1. The van der Waals surface area contributed by atoms with E-state index in [1.54, 1.807) is 12.2 Å². The number of aliphatic hydroxyl groups excluding tert-OH is 1. The summed E-state index contributed by atoms with van der Waals surface area (Å²) < 4.78 is 68.4. The number of hydrogen-bond donors (Lipinski definition) is 3. The van der Waals surface area contributed by atoms with Crippen LogP contribution in [-0.4, -0.2) is 96.7 Å². The fourth-order valence-electron chi connectivity index (χ4n) is 9.71.